The summed E-state index contributed by atoms with van der Waals surface area (Å²) in [6.07, 6.45) is 0. The summed E-state index contributed by atoms with van der Waals surface area (Å²) < 4.78 is 29.2. The molecule has 0 N–H and O–H groups in total. The first-order valence-corrected chi connectivity index (χ1v) is 7.82. The second-order valence-electron chi connectivity index (χ2n) is 5.93. The summed E-state index contributed by atoms with van der Waals surface area (Å²) in [7, 11) is -3.28. The average Bonchev–Trinajstić information content (AvgIpc) is 2.47. The van der Waals surface area contributed by atoms with Gasteiger partial charge < -0.3 is 4.74 Å². The van der Waals surface area contributed by atoms with Crippen molar-refractivity contribution in [2.45, 2.75) is 56.8 Å². The van der Waals surface area contributed by atoms with Gasteiger partial charge in [0.25, 0.3) is 0 Å². The largest absolute Gasteiger partial charge is 0.479 e. The number of thiophene rings is 1. The first-order chi connectivity index (χ1) is 7.43. The lowest BCUT2D eigenvalue weighted by Crippen LogP contribution is -2.27. The predicted molar refractivity (Wildman–Crippen MR) is 71.6 cm³/mol. The Labute approximate surface area is 108 Å². The smallest absolute Gasteiger partial charge is 0.184 e. The third kappa shape index (κ3) is 3.45. The van der Waals surface area contributed by atoms with E-state index in [1.165, 1.54) is 11.3 Å². The molecule has 17 heavy (non-hydrogen) atoms. The molecule has 0 saturated carbocycles. The minimum Gasteiger partial charge on any atom is -0.479 e. The molecular weight excluding hydrogens is 256 g/mol. The summed E-state index contributed by atoms with van der Waals surface area (Å²) in [4.78, 5) is 0.342. The van der Waals surface area contributed by atoms with E-state index in [0.717, 1.165) is 0 Å². The number of hydrogen-bond donors (Lipinski definition) is 0. The molecule has 0 spiro atoms. The monoisotopic (exact) mass is 276 g/mol. The lowest BCUT2D eigenvalue weighted by Gasteiger charge is -2.20. The molecule has 3 nitrogen and oxygen atoms in total. The van der Waals surface area contributed by atoms with Crippen LogP contribution in [0.25, 0.3) is 0 Å². The van der Waals surface area contributed by atoms with Gasteiger partial charge in [-0.3, -0.25) is 0 Å². The number of hydrogen-bond acceptors (Lipinski definition) is 4. The van der Waals surface area contributed by atoms with Crippen LogP contribution in [0.2, 0.25) is 0 Å². The fourth-order valence-electron chi connectivity index (χ4n) is 1.15. The van der Waals surface area contributed by atoms with Gasteiger partial charge in [-0.05, 0) is 41.5 Å². The molecule has 0 unspecified atom stereocenters. The van der Waals surface area contributed by atoms with Crippen LogP contribution < -0.4 is 4.74 Å². The van der Waals surface area contributed by atoms with Gasteiger partial charge in [-0.2, -0.15) is 0 Å². The van der Waals surface area contributed by atoms with Crippen molar-refractivity contribution in [3.8, 4) is 5.06 Å². The molecule has 1 aromatic rings. The van der Waals surface area contributed by atoms with Gasteiger partial charge in [0, 0.05) is 11.4 Å². The number of ether oxygens (including phenoxy) is 1. The summed E-state index contributed by atoms with van der Waals surface area (Å²) in [5.41, 5.74) is -0.312. The third-order valence-electron chi connectivity index (χ3n) is 2.07. The van der Waals surface area contributed by atoms with E-state index in [1.54, 1.807) is 32.2 Å². The van der Waals surface area contributed by atoms with E-state index < -0.39 is 14.6 Å². The molecular formula is C12H20O3S2. The van der Waals surface area contributed by atoms with Crippen LogP contribution in [0, 0.1) is 0 Å². The summed E-state index contributed by atoms with van der Waals surface area (Å²) in [6, 6.07) is 1.61. The van der Waals surface area contributed by atoms with Crippen LogP contribution in [0.4, 0.5) is 0 Å². The van der Waals surface area contributed by atoms with Crippen LogP contribution in [0.1, 0.15) is 41.5 Å². The molecule has 0 atom stereocenters. The fourth-order valence-corrected chi connectivity index (χ4v) is 3.64. The van der Waals surface area contributed by atoms with E-state index in [9.17, 15) is 8.42 Å². The summed E-state index contributed by atoms with van der Waals surface area (Å²) in [5.74, 6) is 0. The van der Waals surface area contributed by atoms with Gasteiger partial charge in [-0.15, -0.1) is 11.3 Å². The van der Waals surface area contributed by atoms with Crippen LogP contribution >= 0.6 is 11.3 Å². The summed E-state index contributed by atoms with van der Waals surface area (Å²) in [6.45, 7) is 10.9. The second kappa shape index (κ2) is 4.28. The average molecular weight is 276 g/mol. The standard InChI is InChI=1S/C12H20O3S2/c1-11(2,3)15-10-7-9(8-16-10)17(13,14)12(4,5)6/h7-8H,1-6H3. The van der Waals surface area contributed by atoms with E-state index in [0.29, 0.717) is 9.96 Å². The molecule has 0 saturated heterocycles. The maximum absolute atomic E-state index is 12.2. The molecule has 0 amide bonds. The Morgan fingerprint density at radius 1 is 1.12 bits per heavy atom. The molecule has 0 fully saturated rings. The van der Waals surface area contributed by atoms with Crippen LogP contribution in [0.15, 0.2) is 16.3 Å². The Bertz CT molecular complexity index is 485. The molecule has 0 aromatic carbocycles. The fraction of sp³-hybridized carbons (Fsp3) is 0.667. The van der Waals surface area contributed by atoms with E-state index >= 15 is 0 Å². The molecule has 0 radical (unpaired) electrons. The van der Waals surface area contributed by atoms with Crippen molar-refractivity contribution in [1.29, 1.82) is 0 Å². The maximum atomic E-state index is 12.2. The molecule has 5 heteroatoms. The van der Waals surface area contributed by atoms with Crippen LogP contribution in [-0.2, 0) is 9.84 Å². The van der Waals surface area contributed by atoms with Crippen molar-refractivity contribution < 1.29 is 13.2 Å². The quantitative estimate of drug-likeness (QED) is 0.830. The minimum absolute atomic E-state index is 0.312. The highest BCUT2D eigenvalue weighted by atomic mass is 32.2. The van der Waals surface area contributed by atoms with Crippen molar-refractivity contribution in [2.24, 2.45) is 0 Å². The van der Waals surface area contributed by atoms with Crippen LogP contribution in [0.3, 0.4) is 0 Å². The zero-order valence-electron chi connectivity index (χ0n) is 11.2. The van der Waals surface area contributed by atoms with Gasteiger partial charge >= 0.3 is 0 Å². The van der Waals surface area contributed by atoms with Gasteiger partial charge in [-0.1, -0.05) is 0 Å². The Kier molecular flexibility index (Phi) is 3.65. The molecule has 98 valence electrons. The van der Waals surface area contributed by atoms with Crippen molar-refractivity contribution in [1.82, 2.24) is 0 Å². The third-order valence-corrected chi connectivity index (χ3v) is 5.50. The van der Waals surface area contributed by atoms with E-state index in [-0.39, 0.29) is 5.60 Å². The van der Waals surface area contributed by atoms with Gasteiger partial charge in [0.15, 0.2) is 14.9 Å². The molecule has 0 bridgehead atoms. The Morgan fingerprint density at radius 3 is 2.06 bits per heavy atom. The number of sulfone groups is 1. The van der Waals surface area contributed by atoms with Crippen molar-refractivity contribution in [3.63, 3.8) is 0 Å². The highest BCUT2D eigenvalue weighted by molar-refractivity contribution is 7.92. The van der Waals surface area contributed by atoms with Gasteiger partial charge in [0.05, 0.1) is 9.64 Å². The topological polar surface area (TPSA) is 43.4 Å². The highest BCUT2D eigenvalue weighted by Crippen LogP contribution is 2.33. The normalized spacial score (nSPS) is 13.8. The molecule has 1 rings (SSSR count). The SMILES string of the molecule is CC(C)(C)Oc1cc(S(=O)(=O)C(C)(C)C)cs1. The Morgan fingerprint density at radius 2 is 1.65 bits per heavy atom. The Balaban J connectivity index is 3.05. The lowest BCUT2D eigenvalue weighted by atomic mass is 10.2. The Hall–Kier alpha value is -0.550. The van der Waals surface area contributed by atoms with Crippen molar-refractivity contribution in [2.75, 3.05) is 0 Å². The molecule has 1 aromatic heterocycles. The molecule has 0 aliphatic rings. The van der Waals surface area contributed by atoms with E-state index in [2.05, 4.69) is 0 Å². The zero-order chi connectivity index (χ0) is 13.5. The summed E-state index contributed by atoms with van der Waals surface area (Å²) in [5, 5.41) is 2.28. The second-order valence-corrected chi connectivity index (χ2v) is 9.51. The van der Waals surface area contributed by atoms with Crippen LogP contribution in [0.5, 0.6) is 5.06 Å². The maximum Gasteiger partial charge on any atom is 0.184 e. The molecule has 1 heterocycles. The van der Waals surface area contributed by atoms with Gasteiger partial charge in [0.2, 0.25) is 0 Å². The predicted octanol–water partition coefficient (Wildman–Crippen LogP) is 3.50. The molecule has 0 aliphatic carbocycles. The van der Waals surface area contributed by atoms with Crippen LogP contribution in [-0.4, -0.2) is 18.8 Å². The van der Waals surface area contributed by atoms with Crippen molar-refractivity contribution in [3.05, 3.63) is 11.4 Å². The first-order valence-electron chi connectivity index (χ1n) is 5.46. The lowest BCUT2D eigenvalue weighted by molar-refractivity contribution is 0.136. The van der Waals surface area contributed by atoms with Gasteiger partial charge in [-0.25, -0.2) is 8.42 Å². The number of rotatable bonds is 2. The zero-order valence-corrected chi connectivity index (χ0v) is 12.8. The van der Waals surface area contributed by atoms with E-state index in [1.807, 2.05) is 20.8 Å². The summed E-state index contributed by atoms with van der Waals surface area (Å²) >= 11 is 1.32. The minimum atomic E-state index is -3.28. The van der Waals surface area contributed by atoms with Gasteiger partial charge in [0.1, 0.15) is 5.60 Å². The van der Waals surface area contributed by atoms with Crippen molar-refractivity contribution >= 4 is 21.2 Å². The highest BCUT2D eigenvalue weighted by Gasteiger charge is 2.32. The molecule has 0 aliphatic heterocycles. The van der Waals surface area contributed by atoms with E-state index in [4.69, 9.17) is 4.74 Å². The first kappa shape index (κ1) is 14.5.